The van der Waals surface area contributed by atoms with Crippen molar-refractivity contribution < 1.29 is 18.0 Å². The summed E-state index contributed by atoms with van der Waals surface area (Å²) in [6, 6.07) is 29.5. The first-order chi connectivity index (χ1) is 22.1. The first-order valence-electron chi connectivity index (χ1n) is 15.6. The first kappa shape index (κ1) is 33.2. The van der Waals surface area contributed by atoms with Crippen LogP contribution in [0.4, 0.5) is 5.69 Å². The maximum atomic E-state index is 14.7. The third kappa shape index (κ3) is 8.17. The van der Waals surface area contributed by atoms with Crippen LogP contribution in [0.3, 0.4) is 0 Å². The van der Waals surface area contributed by atoms with Gasteiger partial charge >= 0.3 is 0 Å². The lowest BCUT2D eigenvalue weighted by Gasteiger charge is -2.34. The molecule has 0 spiro atoms. The predicted octanol–water partition coefficient (Wildman–Crippen LogP) is 6.85. The molecule has 46 heavy (non-hydrogen) atoms. The monoisotopic (exact) mass is 657 g/mol. The van der Waals surface area contributed by atoms with Crippen molar-refractivity contribution in [2.75, 3.05) is 10.8 Å². The van der Waals surface area contributed by atoms with Gasteiger partial charge in [-0.3, -0.25) is 13.9 Å². The topological polar surface area (TPSA) is 86.8 Å². The lowest BCUT2D eigenvalue weighted by molar-refractivity contribution is -0.140. The number of aryl methyl sites for hydroxylation is 2. The van der Waals surface area contributed by atoms with Crippen LogP contribution >= 0.6 is 11.6 Å². The first-order valence-corrected chi connectivity index (χ1v) is 17.5. The smallest absolute Gasteiger partial charge is 0.264 e. The number of anilines is 1. The van der Waals surface area contributed by atoms with Crippen molar-refractivity contribution in [1.29, 1.82) is 0 Å². The van der Waals surface area contributed by atoms with Gasteiger partial charge in [-0.1, -0.05) is 91.2 Å². The highest BCUT2D eigenvalue weighted by molar-refractivity contribution is 7.92. The summed E-state index contributed by atoms with van der Waals surface area (Å²) >= 11 is 6.08. The van der Waals surface area contributed by atoms with Gasteiger partial charge in [-0.15, -0.1) is 0 Å². The van der Waals surface area contributed by atoms with Crippen LogP contribution in [0.1, 0.15) is 47.9 Å². The van der Waals surface area contributed by atoms with Gasteiger partial charge in [-0.05, 0) is 85.3 Å². The average molecular weight is 658 g/mol. The second-order valence-corrected chi connectivity index (χ2v) is 14.2. The molecule has 1 atom stereocenters. The summed E-state index contributed by atoms with van der Waals surface area (Å²) in [5.41, 5.74) is 3.95. The molecule has 1 aliphatic carbocycles. The number of carbonyl (C=O) groups excluding carboxylic acids is 2. The van der Waals surface area contributed by atoms with Gasteiger partial charge in [-0.25, -0.2) is 8.42 Å². The molecule has 2 amide bonds. The molecule has 7 nitrogen and oxygen atoms in total. The van der Waals surface area contributed by atoms with Crippen LogP contribution in [-0.4, -0.2) is 43.8 Å². The minimum atomic E-state index is -4.19. The summed E-state index contributed by atoms with van der Waals surface area (Å²) in [6.07, 6.45) is 4.18. The minimum absolute atomic E-state index is 0.0106. The molecule has 1 saturated carbocycles. The van der Waals surface area contributed by atoms with Crippen LogP contribution in [0.2, 0.25) is 5.02 Å². The fourth-order valence-corrected chi connectivity index (χ4v) is 7.47. The lowest BCUT2D eigenvalue weighted by Crippen LogP contribution is -2.54. The number of benzene rings is 4. The van der Waals surface area contributed by atoms with Gasteiger partial charge in [0, 0.05) is 24.0 Å². The molecule has 1 N–H and O–H groups in total. The number of halogens is 1. The molecule has 1 fully saturated rings. The molecular weight excluding hydrogens is 618 g/mol. The molecule has 9 heteroatoms. The van der Waals surface area contributed by atoms with Gasteiger partial charge in [0.05, 0.1) is 10.6 Å². The summed E-state index contributed by atoms with van der Waals surface area (Å²) in [5, 5.41) is 3.61. The van der Waals surface area contributed by atoms with Gasteiger partial charge in [0.25, 0.3) is 10.0 Å². The van der Waals surface area contributed by atoms with Crippen molar-refractivity contribution in [3.63, 3.8) is 0 Å². The Hall–Kier alpha value is -4.14. The van der Waals surface area contributed by atoms with E-state index in [4.69, 9.17) is 11.6 Å². The van der Waals surface area contributed by atoms with E-state index in [9.17, 15) is 18.0 Å². The van der Waals surface area contributed by atoms with Crippen molar-refractivity contribution in [3.8, 4) is 0 Å². The largest absolute Gasteiger partial charge is 0.352 e. The van der Waals surface area contributed by atoms with Gasteiger partial charge in [-0.2, -0.15) is 0 Å². The highest BCUT2D eigenvalue weighted by atomic mass is 35.5. The number of amides is 2. The number of nitrogens with zero attached hydrogens (tertiary/aromatic N) is 2. The number of rotatable bonds is 12. The Morgan fingerprint density at radius 1 is 0.870 bits per heavy atom. The van der Waals surface area contributed by atoms with Gasteiger partial charge < -0.3 is 10.2 Å². The second kappa shape index (κ2) is 15.0. The third-order valence-electron chi connectivity index (χ3n) is 8.54. The van der Waals surface area contributed by atoms with E-state index in [0.29, 0.717) is 10.7 Å². The maximum absolute atomic E-state index is 14.7. The van der Waals surface area contributed by atoms with E-state index in [-0.39, 0.29) is 29.8 Å². The molecule has 5 rings (SSSR count). The Bertz CT molecular complexity index is 1760. The Morgan fingerprint density at radius 3 is 2.22 bits per heavy atom. The SMILES string of the molecule is Cc1cccc(N(CC(=O)N(Cc2ccccc2C)[C@H](Cc2ccccc2)C(=O)NC2CCCC2)S(=O)(=O)c2ccc(Cl)cc2)c1. The molecule has 0 aromatic heterocycles. The molecule has 0 heterocycles. The Balaban J connectivity index is 1.57. The van der Waals surface area contributed by atoms with E-state index < -0.39 is 28.5 Å². The maximum Gasteiger partial charge on any atom is 0.264 e. The molecule has 240 valence electrons. The van der Waals surface area contributed by atoms with Crippen LogP contribution in [0.5, 0.6) is 0 Å². The van der Waals surface area contributed by atoms with Gasteiger partial charge in [0.1, 0.15) is 12.6 Å². The fourth-order valence-electron chi connectivity index (χ4n) is 5.94. The van der Waals surface area contributed by atoms with Crippen LogP contribution in [-0.2, 0) is 32.6 Å². The number of carbonyl (C=O) groups is 2. The highest BCUT2D eigenvalue weighted by Gasteiger charge is 2.35. The predicted molar refractivity (Wildman–Crippen MR) is 183 cm³/mol. The zero-order valence-electron chi connectivity index (χ0n) is 26.2. The van der Waals surface area contributed by atoms with Crippen molar-refractivity contribution in [2.24, 2.45) is 0 Å². The van der Waals surface area contributed by atoms with E-state index >= 15 is 0 Å². The number of hydrogen-bond donors (Lipinski definition) is 1. The van der Waals surface area contributed by atoms with Crippen molar-refractivity contribution >= 4 is 39.1 Å². The summed E-state index contributed by atoms with van der Waals surface area (Å²) < 4.78 is 29.5. The average Bonchev–Trinajstić information content (AvgIpc) is 3.56. The van der Waals surface area contributed by atoms with Crippen molar-refractivity contribution in [3.05, 3.63) is 130 Å². The number of sulfonamides is 1. The summed E-state index contributed by atoms with van der Waals surface area (Å²) in [4.78, 5) is 30.3. The molecule has 4 aromatic carbocycles. The highest BCUT2D eigenvalue weighted by Crippen LogP contribution is 2.27. The zero-order chi connectivity index (χ0) is 32.7. The second-order valence-electron chi connectivity index (χ2n) is 11.9. The molecule has 0 aliphatic heterocycles. The molecule has 0 saturated heterocycles. The van der Waals surface area contributed by atoms with E-state index in [1.165, 1.54) is 24.3 Å². The van der Waals surface area contributed by atoms with E-state index in [2.05, 4.69) is 5.32 Å². The summed E-state index contributed by atoms with van der Waals surface area (Å²) in [5.74, 6) is -0.717. The minimum Gasteiger partial charge on any atom is -0.352 e. The Morgan fingerprint density at radius 2 is 1.54 bits per heavy atom. The van der Waals surface area contributed by atoms with Crippen LogP contribution in [0.25, 0.3) is 0 Å². The molecule has 4 aromatic rings. The summed E-state index contributed by atoms with van der Waals surface area (Å²) in [7, 11) is -4.19. The van der Waals surface area contributed by atoms with Crippen LogP contribution in [0, 0.1) is 13.8 Å². The number of nitrogens with one attached hydrogen (secondary N) is 1. The van der Waals surface area contributed by atoms with Crippen LogP contribution in [0.15, 0.2) is 108 Å². The van der Waals surface area contributed by atoms with Crippen LogP contribution < -0.4 is 9.62 Å². The lowest BCUT2D eigenvalue weighted by atomic mass is 10.0. The third-order valence-corrected chi connectivity index (χ3v) is 10.6. The zero-order valence-corrected chi connectivity index (χ0v) is 27.8. The Kier molecular flexibility index (Phi) is 10.8. The molecule has 0 radical (unpaired) electrons. The molecular formula is C37H40ClN3O4S. The van der Waals surface area contributed by atoms with Crippen molar-refractivity contribution in [1.82, 2.24) is 10.2 Å². The molecule has 0 unspecified atom stereocenters. The van der Waals surface area contributed by atoms with E-state index in [0.717, 1.165) is 52.2 Å². The Labute approximate surface area is 277 Å². The standard InChI is InChI=1S/C37H40ClN3O4S/c1-27-11-10-18-33(23-27)41(46(44,45)34-21-19-31(38)20-22-34)26-36(42)40(25-30-15-7-6-12-28(30)2)35(24-29-13-4-3-5-14-29)37(43)39-32-16-8-9-17-32/h3-7,10-15,18-23,32,35H,8-9,16-17,24-26H2,1-2H3,(H,39,43)/t35-/m1/s1. The normalized spacial score (nSPS) is 14.1. The van der Waals surface area contributed by atoms with Gasteiger partial charge in [0.2, 0.25) is 11.8 Å². The fraction of sp³-hybridized carbons (Fsp3) is 0.297. The quantitative estimate of drug-likeness (QED) is 0.181. The molecule has 0 bridgehead atoms. The van der Waals surface area contributed by atoms with Gasteiger partial charge in [0.15, 0.2) is 0 Å². The van der Waals surface area contributed by atoms with Crippen molar-refractivity contribution in [2.45, 2.75) is 69.5 Å². The molecule has 1 aliphatic rings. The number of hydrogen-bond acceptors (Lipinski definition) is 4. The summed E-state index contributed by atoms with van der Waals surface area (Å²) in [6.45, 7) is 3.48. The van der Waals surface area contributed by atoms with E-state index in [1.807, 2.05) is 74.5 Å². The van der Waals surface area contributed by atoms with E-state index in [1.54, 1.807) is 23.1 Å².